The Balaban J connectivity index is 6.60. The summed E-state index contributed by atoms with van der Waals surface area (Å²) in [5.74, 6) is -0.797. The molecule has 0 heterocycles. The monoisotopic (exact) mass is 1540 g/mol. The van der Waals surface area contributed by atoms with Gasteiger partial charge >= 0.3 is 23.9 Å². The van der Waals surface area contributed by atoms with E-state index in [0.29, 0.717) is 26.4 Å². The van der Waals surface area contributed by atoms with Crippen LogP contribution in [0.3, 0.4) is 0 Å². The standard InChI is InChI=1S/C97H194N4O8/c1-9-13-17-21-25-29-33-37-41-45-49-53-57-61-65-69-77-99(81-91-107-95(6)103)79-75-87-101(89-93-109-97(8)105,83-71-67-63-59-55-51-47-43-39-35-31-27-23-19-15-11-3)85-73-72-84-100(88-92-108-96(7)104,82-70-66-62-58-54-50-46-42-38-34-30-26-22-18-14-10-2)86-74-78-98(80-90-106-94(5)102)76-68-64-60-56-52-48-44-40-36-32-28-24-20-16-12-4/h9-93H2,1-8H3/q+2. The highest BCUT2D eigenvalue weighted by molar-refractivity contribution is 5.66. The smallest absolute Gasteiger partial charge is 0.302 e. The van der Waals surface area contributed by atoms with E-state index in [1.54, 1.807) is 13.8 Å². The Bertz CT molecular complexity index is 1830. The second kappa shape index (κ2) is 85.1. The third-order valence-electron chi connectivity index (χ3n) is 24.3. The van der Waals surface area contributed by atoms with Gasteiger partial charge in [-0.05, 0) is 51.6 Å². The number of hydrogen-bond donors (Lipinski definition) is 0. The number of rotatable bonds is 92. The third kappa shape index (κ3) is 79.4. The van der Waals surface area contributed by atoms with E-state index >= 15 is 0 Å². The summed E-state index contributed by atoms with van der Waals surface area (Å²) < 4.78 is 25.0. The summed E-state index contributed by atoms with van der Waals surface area (Å²) in [6.07, 6.45) is 89.8. The van der Waals surface area contributed by atoms with Gasteiger partial charge in [0.2, 0.25) is 0 Å². The van der Waals surface area contributed by atoms with Crippen molar-refractivity contribution in [3.8, 4) is 0 Å². The molecule has 0 aliphatic rings. The van der Waals surface area contributed by atoms with E-state index in [1.165, 1.54) is 418 Å². The Morgan fingerprint density at radius 1 is 0.174 bits per heavy atom. The van der Waals surface area contributed by atoms with E-state index in [-0.39, 0.29) is 23.9 Å². The van der Waals surface area contributed by atoms with Gasteiger partial charge in [0.05, 0.1) is 39.3 Å². The van der Waals surface area contributed by atoms with E-state index in [9.17, 15) is 19.2 Å². The molecule has 12 nitrogen and oxygen atoms in total. The number of carbonyl (C=O) groups is 4. The van der Waals surface area contributed by atoms with Gasteiger partial charge in [-0.25, -0.2) is 0 Å². The number of nitrogens with zero attached hydrogens (tertiary/aromatic N) is 4. The van der Waals surface area contributed by atoms with Crippen molar-refractivity contribution in [1.29, 1.82) is 0 Å². The maximum atomic E-state index is 12.6. The maximum absolute atomic E-state index is 12.6. The second-order valence-corrected chi connectivity index (χ2v) is 34.8. The van der Waals surface area contributed by atoms with E-state index < -0.39 is 0 Å². The molecule has 0 saturated heterocycles. The Morgan fingerprint density at radius 3 is 0.514 bits per heavy atom. The predicted molar refractivity (Wildman–Crippen MR) is 471 cm³/mol. The Kier molecular flexibility index (Phi) is 83.3. The Labute approximate surface area is 680 Å². The molecule has 0 spiro atoms. The number of esters is 4. The van der Waals surface area contributed by atoms with Crippen LogP contribution in [0.15, 0.2) is 0 Å². The minimum atomic E-state index is -0.204. The fraction of sp³-hybridized carbons (Fsp3) is 0.959. The zero-order valence-electron chi connectivity index (χ0n) is 75.2. The van der Waals surface area contributed by atoms with Crippen LogP contribution >= 0.6 is 0 Å². The Morgan fingerprint density at radius 2 is 0.321 bits per heavy atom. The van der Waals surface area contributed by atoms with Crippen molar-refractivity contribution in [2.24, 2.45) is 0 Å². The van der Waals surface area contributed by atoms with Crippen molar-refractivity contribution < 1.29 is 47.1 Å². The first kappa shape index (κ1) is 107. The predicted octanol–water partition coefficient (Wildman–Crippen LogP) is 27.7. The quantitative estimate of drug-likeness (QED) is 0.0253. The SMILES string of the molecule is CCCCCCCCCCCCCCCCCCN(CCC[N+](CCCCCCCCCCCCCCCCCC)(CCCC[N+](CCCCCCCCCCCCCCCCCC)(CCCN(CCCCCCCCCCCCCCCCC)CCOC(C)=O)CCOC(C)=O)CCOC(C)=O)CCOC(C)=O. The lowest BCUT2D eigenvalue weighted by Gasteiger charge is -2.41. The lowest BCUT2D eigenvalue weighted by Crippen LogP contribution is -2.54. The molecule has 0 fully saturated rings. The molecule has 12 heteroatoms. The van der Waals surface area contributed by atoms with E-state index in [1.807, 2.05) is 0 Å². The summed E-state index contributed by atoms with van der Waals surface area (Å²) in [6, 6.07) is 0. The van der Waals surface area contributed by atoms with Crippen molar-refractivity contribution in [1.82, 2.24) is 9.80 Å². The Hall–Kier alpha value is -2.28. The minimum absolute atomic E-state index is 0.195. The highest BCUT2D eigenvalue weighted by Gasteiger charge is 2.31. The molecule has 109 heavy (non-hydrogen) atoms. The molecule has 0 aliphatic carbocycles. The summed E-state index contributed by atoms with van der Waals surface area (Å²) in [5.41, 5.74) is 0. The molecule has 0 bridgehead atoms. The van der Waals surface area contributed by atoms with Gasteiger partial charge in [-0.2, -0.15) is 0 Å². The molecule has 0 saturated carbocycles. The summed E-state index contributed by atoms with van der Waals surface area (Å²) in [7, 11) is 0. The van der Waals surface area contributed by atoms with Crippen LogP contribution < -0.4 is 0 Å². The fourth-order valence-corrected chi connectivity index (χ4v) is 17.2. The topological polar surface area (TPSA) is 112 Å². The number of ether oxygens (including phenoxy) is 4. The van der Waals surface area contributed by atoms with Crippen molar-refractivity contribution in [2.75, 3.05) is 118 Å². The molecular weight excluding hydrogens is 1350 g/mol. The van der Waals surface area contributed by atoms with Crippen molar-refractivity contribution in [3.05, 3.63) is 0 Å². The van der Waals surface area contributed by atoms with Crippen molar-refractivity contribution >= 4 is 23.9 Å². The van der Waals surface area contributed by atoms with Gasteiger partial charge in [-0.3, -0.25) is 29.0 Å². The van der Waals surface area contributed by atoms with Gasteiger partial charge in [-0.1, -0.05) is 394 Å². The van der Waals surface area contributed by atoms with Crippen LogP contribution in [0.2, 0.25) is 0 Å². The van der Waals surface area contributed by atoms with Gasteiger partial charge in [0.25, 0.3) is 0 Å². The summed E-state index contributed by atoms with van der Waals surface area (Å²) >= 11 is 0. The number of hydrogen-bond acceptors (Lipinski definition) is 10. The van der Waals surface area contributed by atoms with Crippen LogP contribution in [-0.4, -0.2) is 161 Å². The number of unbranched alkanes of at least 4 members (excludes halogenated alkanes) is 60. The van der Waals surface area contributed by atoms with Crippen LogP contribution in [0.4, 0.5) is 0 Å². The first-order valence-electron chi connectivity index (χ1n) is 49.0. The highest BCUT2D eigenvalue weighted by Crippen LogP contribution is 2.24. The number of quaternary nitrogens is 2. The van der Waals surface area contributed by atoms with Gasteiger partial charge in [0.15, 0.2) is 0 Å². The molecule has 0 amide bonds. The van der Waals surface area contributed by atoms with Gasteiger partial charge in [0, 0.05) is 79.6 Å². The second-order valence-electron chi connectivity index (χ2n) is 34.8. The van der Waals surface area contributed by atoms with E-state index in [4.69, 9.17) is 18.9 Å². The summed E-state index contributed by atoms with van der Waals surface area (Å²) in [5, 5.41) is 0. The van der Waals surface area contributed by atoms with Gasteiger partial charge in [0.1, 0.15) is 39.5 Å². The molecule has 0 aromatic heterocycles. The zero-order valence-corrected chi connectivity index (χ0v) is 75.2. The molecule has 0 aromatic carbocycles. The lowest BCUT2D eigenvalue weighted by molar-refractivity contribution is -0.934. The average molecular weight is 1540 g/mol. The molecule has 0 rings (SSSR count). The van der Waals surface area contributed by atoms with Crippen molar-refractivity contribution in [2.45, 2.75) is 486 Å². The van der Waals surface area contributed by atoms with Gasteiger partial charge < -0.3 is 27.9 Å². The number of carbonyl (C=O) groups excluding carboxylic acids is 4. The minimum Gasteiger partial charge on any atom is -0.465 e. The van der Waals surface area contributed by atoms with Crippen LogP contribution in [-0.2, 0) is 38.1 Å². The largest absolute Gasteiger partial charge is 0.465 e. The van der Waals surface area contributed by atoms with Crippen molar-refractivity contribution in [3.63, 3.8) is 0 Å². The summed E-state index contributed by atoms with van der Waals surface area (Å²) in [6.45, 7) is 30.7. The molecule has 0 radical (unpaired) electrons. The molecular formula is C97H194N4O8+2. The van der Waals surface area contributed by atoms with Crippen LogP contribution in [0.5, 0.6) is 0 Å². The van der Waals surface area contributed by atoms with Crippen LogP contribution in [0.1, 0.15) is 486 Å². The maximum Gasteiger partial charge on any atom is 0.302 e. The zero-order chi connectivity index (χ0) is 79.4. The first-order chi connectivity index (χ1) is 53.4. The highest BCUT2D eigenvalue weighted by atomic mass is 16.5. The first-order valence-corrected chi connectivity index (χ1v) is 49.0. The molecule has 0 aromatic rings. The van der Waals surface area contributed by atoms with E-state index in [2.05, 4.69) is 37.5 Å². The average Bonchev–Trinajstić information content (AvgIpc) is 0.861. The van der Waals surface area contributed by atoms with Crippen LogP contribution in [0.25, 0.3) is 0 Å². The summed E-state index contributed by atoms with van der Waals surface area (Å²) in [4.78, 5) is 54.5. The van der Waals surface area contributed by atoms with Crippen LogP contribution in [0, 0.1) is 0 Å². The van der Waals surface area contributed by atoms with E-state index in [0.717, 1.165) is 126 Å². The molecule has 2 atom stereocenters. The lowest BCUT2D eigenvalue weighted by atomic mass is 10.0. The fourth-order valence-electron chi connectivity index (χ4n) is 17.2. The molecule has 0 N–H and O–H groups in total. The van der Waals surface area contributed by atoms with Gasteiger partial charge in [-0.15, -0.1) is 0 Å². The molecule has 0 aliphatic heterocycles. The third-order valence-corrected chi connectivity index (χ3v) is 24.3. The molecule has 2 unspecified atom stereocenters. The normalized spacial score (nSPS) is 12.9. The molecule has 648 valence electrons.